The summed E-state index contributed by atoms with van der Waals surface area (Å²) in [6.45, 7) is 9.42. The second-order valence-electron chi connectivity index (χ2n) is 7.92. The van der Waals surface area contributed by atoms with Gasteiger partial charge in [-0.25, -0.2) is 0 Å². The Kier molecular flexibility index (Phi) is 8.39. The van der Waals surface area contributed by atoms with Crippen LogP contribution in [0.1, 0.15) is 51.1 Å². The highest BCUT2D eigenvalue weighted by Crippen LogP contribution is 2.24. The maximum atomic E-state index is 12.3. The van der Waals surface area contributed by atoms with E-state index in [1.54, 1.807) is 0 Å². The third kappa shape index (κ3) is 5.97. The van der Waals surface area contributed by atoms with Gasteiger partial charge in [-0.05, 0) is 57.2 Å². The smallest absolute Gasteiger partial charge is 0.234 e. The van der Waals surface area contributed by atoms with Gasteiger partial charge in [0.1, 0.15) is 0 Å². The van der Waals surface area contributed by atoms with E-state index >= 15 is 0 Å². The molecule has 1 aromatic carbocycles. The Morgan fingerprint density at radius 3 is 2.31 bits per heavy atom. The quantitative estimate of drug-likeness (QED) is 0.850. The summed E-state index contributed by atoms with van der Waals surface area (Å²) in [7, 11) is 0. The number of hydrogen-bond donors (Lipinski definition) is 1. The number of piperidine rings is 2. The van der Waals surface area contributed by atoms with Crippen LogP contribution in [0.3, 0.4) is 0 Å². The van der Waals surface area contributed by atoms with E-state index in [1.165, 1.54) is 18.4 Å². The first-order valence-corrected chi connectivity index (χ1v) is 9.92. The van der Waals surface area contributed by atoms with Crippen molar-refractivity contribution in [2.75, 3.05) is 32.7 Å². The predicted molar refractivity (Wildman–Crippen MR) is 110 cm³/mol. The second kappa shape index (κ2) is 10.3. The van der Waals surface area contributed by atoms with E-state index in [0.29, 0.717) is 18.6 Å². The van der Waals surface area contributed by atoms with Crippen molar-refractivity contribution in [1.29, 1.82) is 0 Å². The van der Waals surface area contributed by atoms with E-state index in [9.17, 15) is 4.79 Å². The van der Waals surface area contributed by atoms with Gasteiger partial charge < -0.3 is 5.32 Å². The molecule has 2 saturated heterocycles. The molecule has 0 radical (unpaired) electrons. The van der Waals surface area contributed by atoms with Gasteiger partial charge in [0.15, 0.2) is 0 Å². The van der Waals surface area contributed by atoms with E-state index in [-0.39, 0.29) is 18.3 Å². The number of carbonyl (C=O) groups excluding carboxylic acids is 1. The van der Waals surface area contributed by atoms with Crippen LogP contribution >= 0.6 is 12.4 Å². The number of hydrogen-bond acceptors (Lipinski definition) is 3. The monoisotopic (exact) mass is 379 g/mol. The second-order valence-corrected chi connectivity index (χ2v) is 7.92. The molecule has 3 rings (SSSR count). The molecule has 0 saturated carbocycles. The van der Waals surface area contributed by atoms with Crippen LogP contribution in [0.25, 0.3) is 0 Å². The minimum atomic E-state index is 0. The fourth-order valence-electron chi connectivity index (χ4n) is 4.07. The number of benzene rings is 1. The van der Waals surface area contributed by atoms with Crippen LogP contribution in [0.15, 0.2) is 30.3 Å². The fourth-order valence-corrected chi connectivity index (χ4v) is 4.07. The Balaban J connectivity index is 0.00000243. The lowest BCUT2D eigenvalue weighted by atomic mass is 9.99. The van der Waals surface area contributed by atoms with Crippen molar-refractivity contribution in [1.82, 2.24) is 15.1 Å². The largest absolute Gasteiger partial charge is 0.352 e. The number of rotatable bonds is 5. The van der Waals surface area contributed by atoms with Crippen molar-refractivity contribution in [2.24, 2.45) is 5.92 Å². The maximum absolute atomic E-state index is 12.3. The molecule has 2 aliphatic heterocycles. The highest BCUT2D eigenvalue weighted by Gasteiger charge is 2.25. The number of halogens is 1. The summed E-state index contributed by atoms with van der Waals surface area (Å²) in [5.41, 5.74) is 1.38. The molecule has 0 bridgehead atoms. The summed E-state index contributed by atoms with van der Waals surface area (Å²) < 4.78 is 0. The molecule has 1 N–H and O–H groups in total. The zero-order valence-electron chi connectivity index (χ0n) is 16.2. The van der Waals surface area contributed by atoms with Gasteiger partial charge in [0.05, 0.1) is 6.54 Å². The molecule has 1 amide bonds. The standard InChI is InChI=1S/C21H33N3O.ClH/c1-17-8-12-23(13-9-17)16-21(25)22-20-10-14-24(15-11-20)18(2)19-6-4-3-5-7-19;/h3-7,17-18,20H,8-16H2,1-2H3,(H,22,25);1H. The Bertz CT molecular complexity index is 537. The Hall–Kier alpha value is -1.10. The summed E-state index contributed by atoms with van der Waals surface area (Å²) in [4.78, 5) is 17.2. The van der Waals surface area contributed by atoms with E-state index in [1.807, 2.05) is 0 Å². The molecule has 1 aromatic rings. The van der Waals surface area contributed by atoms with Crippen molar-refractivity contribution >= 4 is 18.3 Å². The van der Waals surface area contributed by atoms with Crippen LogP contribution in [0.5, 0.6) is 0 Å². The van der Waals surface area contributed by atoms with Crippen molar-refractivity contribution in [3.63, 3.8) is 0 Å². The predicted octanol–water partition coefficient (Wildman–Crippen LogP) is 3.48. The van der Waals surface area contributed by atoms with Crippen molar-refractivity contribution in [3.05, 3.63) is 35.9 Å². The van der Waals surface area contributed by atoms with Crippen molar-refractivity contribution < 1.29 is 4.79 Å². The average Bonchev–Trinajstić information content (AvgIpc) is 2.64. The molecular weight excluding hydrogens is 346 g/mol. The minimum Gasteiger partial charge on any atom is -0.352 e. The first kappa shape index (κ1) is 21.2. The molecule has 1 atom stereocenters. The summed E-state index contributed by atoms with van der Waals surface area (Å²) >= 11 is 0. The van der Waals surface area contributed by atoms with Crippen LogP contribution in [0, 0.1) is 5.92 Å². The lowest BCUT2D eigenvalue weighted by Crippen LogP contribution is -2.48. The number of likely N-dealkylation sites (tertiary alicyclic amines) is 2. The highest BCUT2D eigenvalue weighted by atomic mass is 35.5. The molecular formula is C21H34ClN3O. The lowest BCUT2D eigenvalue weighted by molar-refractivity contribution is -0.123. The highest BCUT2D eigenvalue weighted by molar-refractivity contribution is 5.85. The zero-order valence-corrected chi connectivity index (χ0v) is 17.0. The summed E-state index contributed by atoms with van der Waals surface area (Å²) in [6.07, 6.45) is 4.56. The van der Waals surface area contributed by atoms with Crippen LogP contribution in [0.2, 0.25) is 0 Å². The third-order valence-electron chi connectivity index (χ3n) is 5.97. The van der Waals surface area contributed by atoms with Crippen LogP contribution in [-0.4, -0.2) is 54.5 Å². The van der Waals surface area contributed by atoms with E-state index < -0.39 is 0 Å². The maximum Gasteiger partial charge on any atom is 0.234 e. The minimum absolute atomic E-state index is 0. The van der Waals surface area contributed by atoms with Gasteiger partial charge in [-0.15, -0.1) is 12.4 Å². The van der Waals surface area contributed by atoms with Crippen molar-refractivity contribution in [3.8, 4) is 0 Å². The summed E-state index contributed by atoms with van der Waals surface area (Å²) in [5, 5.41) is 3.27. The van der Waals surface area contributed by atoms with Crippen LogP contribution in [-0.2, 0) is 4.79 Å². The van der Waals surface area contributed by atoms with Gasteiger partial charge in [0.2, 0.25) is 5.91 Å². The molecule has 2 heterocycles. The first-order chi connectivity index (χ1) is 12.1. The molecule has 146 valence electrons. The van der Waals surface area contributed by atoms with Gasteiger partial charge in [0.25, 0.3) is 0 Å². The SMILES string of the molecule is CC1CCN(CC(=O)NC2CCN(C(C)c3ccccc3)CC2)CC1.Cl. The first-order valence-electron chi connectivity index (χ1n) is 9.92. The zero-order chi connectivity index (χ0) is 17.6. The number of amides is 1. The molecule has 2 aliphatic rings. The third-order valence-corrected chi connectivity index (χ3v) is 5.97. The molecule has 4 nitrogen and oxygen atoms in total. The Morgan fingerprint density at radius 1 is 1.08 bits per heavy atom. The summed E-state index contributed by atoms with van der Waals surface area (Å²) in [5.74, 6) is 1.03. The molecule has 0 aromatic heterocycles. The molecule has 2 fully saturated rings. The Labute approximate surface area is 164 Å². The number of nitrogens with zero attached hydrogens (tertiary/aromatic N) is 2. The molecule has 5 heteroatoms. The fraction of sp³-hybridized carbons (Fsp3) is 0.667. The average molecular weight is 380 g/mol. The summed E-state index contributed by atoms with van der Waals surface area (Å²) in [6, 6.07) is 11.5. The van der Waals surface area contributed by atoms with E-state index in [0.717, 1.165) is 44.9 Å². The van der Waals surface area contributed by atoms with Gasteiger partial charge in [0, 0.05) is 25.2 Å². The van der Waals surface area contributed by atoms with Gasteiger partial charge in [-0.1, -0.05) is 37.3 Å². The van der Waals surface area contributed by atoms with Gasteiger partial charge in [-0.2, -0.15) is 0 Å². The van der Waals surface area contributed by atoms with Crippen LogP contribution in [0.4, 0.5) is 0 Å². The topological polar surface area (TPSA) is 35.6 Å². The van der Waals surface area contributed by atoms with Crippen LogP contribution < -0.4 is 5.32 Å². The molecule has 0 aliphatic carbocycles. The Morgan fingerprint density at radius 2 is 1.69 bits per heavy atom. The van der Waals surface area contributed by atoms with Gasteiger partial charge in [-0.3, -0.25) is 14.6 Å². The molecule has 1 unspecified atom stereocenters. The van der Waals surface area contributed by atoms with E-state index in [4.69, 9.17) is 0 Å². The van der Waals surface area contributed by atoms with Gasteiger partial charge >= 0.3 is 0 Å². The molecule has 0 spiro atoms. The lowest BCUT2D eigenvalue weighted by Gasteiger charge is -2.37. The van der Waals surface area contributed by atoms with Crippen molar-refractivity contribution in [2.45, 2.75) is 51.6 Å². The van der Waals surface area contributed by atoms with E-state index in [2.05, 4.69) is 59.3 Å². The molecule has 26 heavy (non-hydrogen) atoms. The number of nitrogens with one attached hydrogen (secondary N) is 1. The normalized spacial score (nSPS) is 21.8. The number of carbonyl (C=O) groups is 1.